The molecule has 0 unspecified atom stereocenters. The van der Waals surface area contributed by atoms with Crippen LogP contribution in [-0.2, 0) is 0 Å². The van der Waals surface area contributed by atoms with Crippen molar-refractivity contribution < 1.29 is 14.3 Å². The van der Waals surface area contributed by atoms with Crippen LogP contribution in [-0.4, -0.2) is 39.5 Å². The number of thioether (sulfide) groups is 1. The third-order valence-corrected chi connectivity index (χ3v) is 4.89. The van der Waals surface area contributed by atoms with E-state index in [-0.39, 0.29) is 5.78 Å². The molecule has 0 saturated heterocycles. The van der Waals surface area contributed by atoms with E-state index < -0.39 is 0 Å². The summed E-state index contributed by atoms with van der Waals surface area (Å²) in [5, 5.41) is 9.15. The standard InChI is InChI=1S/C16H17N3O3S/c1-10-17-18-16(19(10)12-3-4-12)23-9-13(20)11-2-5-14-15(8-11)22-7-6-21-14/h2,5,8,12H,3-4,6-7,9H2,1H3. The molecule has 1 aromatic heterocycles. The fourth-order valence-electron chi connectivity index (χ4n) is 2.63. The highest BCUT2D eigenvalue weighted by Crippen LogP contribution is 2.38. The van der Waals surface area contributed by atoms with E-state index in [2.05, 4.69) is 14.8 Å². The number of Topliss-reactive ketones (excluding diaryl/α,β-unsaturated/α-hetero) is 1. The summed E-state index contributed by atoms with van der Waals surface area (Å²) in [6, 6.07) is 5.85. The molecule has 0 bridgehead atoms. The predicted octanol–water partition coefficient (Wildman–Crippen LogP) is 2.67. The van der Waals surface area contributed by atoms with Gasteiger partial charge in [-0.25, -0.2) is 0 Å². The highest BCUT2D eigenvalue weighted by molar-refractivity contribution is 7.99. The second-order valence-electron chi connectivity index (χ2n) is 5.70. The number of rotatable bonds is 5. The topological polar surface area (TPSA) is 66.2 Å². The van der Waals surface area contributed by atoms with Gasteiger partial charge in [0.1, 0.15) is 19.0 Å². The van der Waals surface area contributed by atoms with Gasteiger partial charge in [-0.15, -0.1) is 10.2 Å². The largest absolute Gasteiger partial charge is 0.486 e. The van der Waals surface area contributed by atoms with E-state index in [0.29, 0.717) is 42.1 Å². The van der Waals surface area contributed by atoms with Gasteiger partial charge in [-0.3, -0.25) is 4.79 Å². The van der Waals surface area contributed by atoms with E-state index >= 15 is 0 Å². The Hall–Kier alpha value is -2.02. The Labute approximate surface area is 138 Å². The van der Waals surface area contributed by atoms with Gasteiger partial charge in [0.2, 0.25) is 0 Å². The first-order valence-electron chi connectivity index (χ1n) is 7.69. The van der Waals surface area contributed by atoms with Crippen LogP contribution in [0, 0.1) is 6.92 Å². The number of carbonyl (C=O) groups excluding carboxylic acids is 1. The van der Waals surface area contributed by atoms with Crippen LogP contribution in [0.15, 0.2) is 23.4 Å². The molecule has 1 aromatic carbocycles. The Morgan fingerprint density at radius 1 is 1.26 bits per heavy atom. The minimum atomic E-state index is 0.0509. The van der Waals surface area contributed by atoms with Gasteiger partial charge in [0.15, 0.2) is 22.4 Å². The van der Waals surface area contributed by atoms with Crippen LogP contribution in [0.4, 0.5) is 0 Å². The Kier molecular flexibility index (Phi) is 3.72. The molecule has 7 heteroatoms. The maximum Gasteiger partial charge on any atom is 0.191 e. The fraction of sp³-hybridized carbons (Fsp3) is 0.438. The Balaban J connectivity index is 1.46. The van der Waals surface area contributed by atoms with Crippen molar-refractivity contribution in [2.75, 3.05) is 19.0 Å². The number of fused-ring (bicyclic) bond motifs is 1. The maximum absolute atomic E-state index is 12.4. The molecule has 0 spiro atoms. The normalized spacial score (nSPS) is 16.4. The van der Waals surface area contributed by atoms with Crippen LogP contribution in [0.1, 0.15) is 35.1 Å². The van der Waals surface area contributed by atoms with Crippen LogP contribution in [0.25, 0.3) is 0 Å². The Morgan fingerprint density at radius 2 is 2.04 bits per heavy atom. The van der Waals surface area contributed by atoms with Crippen LogP contribution in [0.3, 0.4) is 0 Å². The van der Waals surface area contributed by atoms with Crippen LogP contribution in [0.2, 0.25) is 0 Å². The van der Waals surface area contributed by atoms with Crippen molar-refractivity contribution in [2.24, 2.45) is 0 Å². The summed E-state index contributed by atoms with van der Waals surface area (Å²) in [6.45, 7) is 3.02. The monoisotopic (exact) mass is 331 g/mol. The minimum Gasteiger partial charge on any atom is -0.486 e. The smallest absolute Gasteiger partial charge is 0.191 e. The van der Waals surface area contributed by atoms with Crippen molar-refractivity contribution in [3.63, 3.8) is 0 Å². The quantitative estimate of drug-likeness (QED) is 0.620. The average Bonchev–Trinajstić information content (AvgIpc) is 3.35. The van der Waals surface area contributed by atoms with Crippen LogP contribution >= 0.6 is 11.8 Å². The summed E-state index contributed by atoms with van der Waals surface area (Å²) in [7, 11) is 0. The first-order chi connectivity index (χ1) is 11.2. The molecule has 4 rings (SSSR count). The van der Waals surface area contributed by atoms with E-state index in [0.717, 1.165) is 11.0 Å². The van der Waals surface area contributed by atoms with Crippen molar-refractivity contribution in [2.45, 2.75) is 31.0 Å². The molecule has 120 valence electrons. The second kappa shape index (κ2) is 5.88. The summed E-state index contributed by atoms with van der Waals surface area (Å²) in [4.78, 5) is 12.4. The molecule has 1 saturated carbocycles. The molecule has 2 aliphatic rings. The molecule has 0 amide bonds. The van der Waals surface area contributed by atoms with Gasteiger partial charge in [-0.2, -0.15) is 0 Å². The SMILES string of the molecule is Cc1nnc(SCC(=O)c2ccc3c(c2)OCCO3)n1C1CC1. The van der Waals surface area contributed by atoms with Gasteiger partial charge >= 0.3 is 0 Å². The van der Waals surface area contributed by atoms with E-state index in [1.54, 1.807) is 18.2 Å². The molecule has 2 aromatic rings. The predicted molar refractivity (Wildman–Crippen MR) is 85.5 cm³/mol. The molecule has 23 heavy (non-hydrogen) atoms. The lowest BCUT2D eigenvalue weighted by Crippen LogP contribution is -2.16. The number of hydrogen-bond acceptors (Lipinski definition) is 6. The summed E-state index contributed by atoms with van der Waals surface area (Å²) in [5.41, 5.74) is 0.635. The molecular formula is C16H17N3O3S. The van der Waals surface area contributed by atoms with Gasteiger partial charge in [-0.05, 0) is 38.0 Å². The highest BCUT2D eigenvalue weighted by atomic mass is 32.2. The summed E-state index contributed by atoms with van der Waals surface area (Å²) >= 11 is 1.44. The van der Waals surface area contributed by atoms with Gasteiger partial charge in [0.05, 0.1) is 5.75 Å². The van der Waals surface area contributed by atoms with E-state index in [4.69, 9.17) is 9.47 Å². The van der Waals surface area contributed by atoms with Gasteiger partial charge in [0, 0.05) is 11.6 Å². The van der Waals surface area contributed by atoms with Crippen molar-refractivity contribution in [1.29, 1.82) is 0 Å². The lowest BCUT2D eigenvalue weighted by molar-refractivity contribution is 0.102. The Morgan fingerprint density at radius 3 is 2.83 bits per heavy atom. The molecule has 0 N–H and O–H groups in total. The fourth-order valence-corrected chi connectivity index (χ4v) is 3.58. The lowest BCUT2D eigenvalue weighted by Gasteiger charge is -2.18. The maximum atomic E-state index is 12.4. The number of ether oxygens (including phenoxy) is 2. The zero-order chi connectivity index (χ0) is 15.8. The van der Waals surface area contributed by atoms with Crippen LogP contribution in [0.5, 0.6) is 11.5 Å². The lowest BCUT2D eigenvalue weighted by atomic mass is 10.1. The van der Waals surface area contributed by atoms with Crippen molar-refractivity contribution in [3.8, 4) is 11.5 Å². The molecule has 1 fully saturated rings. The Bertz CT molecular complexity index is 755. The van der Waals surface area contributed by atoms with Gasteiger partial charge in [0.25, 0.3) is 0 Å². The molecule has 2 heterocycles. The molecule has 1 aliphatic carbocycles. The number of hydrogen-bond donors (Lipinski definition) is 0. The van der Waals surface area contributed by atoms with E-state index in [1.807, 2.05) is 6.92 Å². The average molecular weight is 331 g/mol. The van der Waals surface area contributed by atoms with E-state index in [1.165, 1.54) is 24.6 Å². The van der Waals surface area contributed by atoms with E-state index in [9.17, 15) is 4.79 Å². The van der Waals surface area contributed by atoms with Crippen molar-refractivity contribution >= 4 is 17.5 Å². The number of benzene rings is 1. The first kappa shape index (κ1) is 14.6. The number of nitrogens with zero attached hydrogens (tertiary/aromatic N) is 3. The number of ketones is 1. The third kappa shape index (κ3) is 2.93. The minimum absolute atomic E-state index is 0.0509. The van der Waals surface area contributed by atoms with Gasteiger partial charge in [-0.1, -0.05) is 11.8 Å². The molecular weight excluding hydrogens is 314 g/mol. The van der Waals surface area contributed by atoms with Crippen molar-refractivity contribution in [3.05, 3.63) is 29.6 Å². The summed E-state index contributed by atoms with van der Waals surface area (Å²) in [6.07, 6.45) is 2.34. The highest BCUT2D eigenvalue weighted by Gasteiger charge is 2.28. The third-order valence-electron chi connectivity index (χ3n) is 3.94. The summed E-state index contributed by atoms with van der Waals surface area (Å²) in [5.74, 6) is 2.65. The number of aryl methyl sites for hydroxylation is 1. The number of aromatic nitrogens is 3. The molecule has 0 radical (unpaired) electrons. The molecule has 1 aliphatic heterocycles. The second-order valence-corrected chi connectivity index (χ2v) is 6.64. The molecule has 0 atom stereocenters. The molecule has 6 nitrogen and oxygen atoms in total. The summed E-state index contributed by atoms with van der Waals surface area (Å²) < 4.78 is 13.1. The van der Waals surface area contributed by atoms with Crippen molar-refractivity contribution in [1.82, 2.24) is 14.8 Å². The van der Waals surface area contributed by atoms with Gasteiger partial charge < -0.3 is 14.0 Å². The zero-order valence-corrected chi connectivity index (χ0v) is 13.6. The number of carbonyl (C=O) groups is 1. The zero-order valence-electron chi connectivity index (χ0n) is 12.8. The first-order valence-corrected chi connectivity index (χ1v) is 8.68. The van der Waals surface area contributed by atoms with Crippen LogP contribution < -0.4 is 9.47 Å².